The predicted octanol–water partition coefficient (Wildman–Crippen LogP) is 4.62. The Hall–Kier alpha value is -1.36. The Kier molecular flexibility index (Phi) is 4.73. The van der Waals surface area contributed by atoms with E-state index in [0.717, 1.165) is 39.7 Å². The van der Waals surface area contributed by atoms with Crippen molar-refractivity contribution in [3.63, 3.8) is 0 Å². The van der Waals surface area contributed by atoms with E-state index in [2.05, 4.69) is 33.6 Å². The molecule has 1 unspecified atom stereocenters. The minimum absolute atomic E-state index is 0.201. The number of sulfonamides is 1. The van der Waals surface area contributed by atoms with Crippen molar-refractivity contribution in [3.8, 4) is 6.07 Å². The Balaban J connectivity index is 1.99. The average molecular weight is 425 g/mol. The molecule has 0 saturated carbocycles. The molecule has 0 bridgehead atoms. The quantitative estimate of drug-likeness (QED) is 0.781. The van der Waals surface area contributed by atoms with Gasteiger partial charge in [-0.05, 0) is 61.4 Å². The third kappa shape index (κ3) is 3.23. The number of fused-ring (bicyclic) bond motifs is 1. The van der Waals surface area contributed by atoms with Crippen molar-refractivity contribution in [2.24, 2.45) is 5.92 Å². The normalized spacial score (nSPS) is 17.2. The highest BCUT2D eigenvalue weighted by Gasteiger charge is 2.26. The molecule has 0 spiro atoms. The van der Waals surface area contributed by atoms with Gasteiger partial charge in [0, 0.05) is 9.35 Å². The van der Waals surface area contributed by atoms with Crippen molar-refractivity contribution in [3.05, 3.63) is 44.2 Å². The second-order valence-electron chi connectivity index (χ2n) is 6.18. The van der Waals surface area contributed by atoms with Gasteiger partial charge < -0.3 is 0 Å². The van der Waals surface area contributed by atoms with Crippen LogP contribution >= 0.6 is 27.3 Å². The zero-order valence-electron chi connectivity index (χ0n) is 13.4. The van der Waals surface area contributed by atoms with E-state index in [9.17, 15) is 13.7 Å². The number of aryl methyl sites for hydroxylation is 1. The Labute approximate surface area is 154 Å². The molecule has 1 aromatic heterocycles. The average Bonchev–Trinajstić information content (AvgIpc) is 2.85. The van der Waals surface area contributed by atoms with Crippen molar-refractivity contribution < 1.29 is 8.42 Å². The van der Waals surface area contributed by atoms with Gasteiger partial charge in [-0.25, -0.2) is 8.42 Å². The fraction of sp³-hybridized carbons (Fsp3) is 0.353. The summed E-state index contributed by atoms with van der Waals surface area (Å²) < 4.78 is 28.8. The molecule has 1 heterocycles. The standard InChI is InChI=1S/C17H17BrN2O2S2/c1-10-3-5-13-14(9-19)17(23-16(13)7-10)20-24(21,22)12-4-6-15(18)11(2)8-12/h4,6,8,10,20H,3,5,7H2,1-2H3. The van der Waals surface area contributed by atoms with Gasteiger partial charge in [-0.1, -0.05) is 22.9 Å². The third-order valence-electron chi connectivity index (χ3n) is 4.29. The molecule has 1 aliphatic rings. The number of benzene rings is 1. The molecular formula is C17H17BrN2O2S2. The minimum Gasteiger partial charge on any atom is -0.269 e. The Bertz CT molecular complexity index is 942. The summed E-state index contributed by atoms with van der Waals surface area (Å²) in [5.41, 5.74) is 2.35. The molecule has 0 radical (unpaired) electrons. The van der Waals surface area contributed by atoms with Gasteiger partial charge in [-0.2, -0.15) is 5.26 Å². The topological polar surface area (TPSA) is 70.0 Å². The van der Waals surface area contributed by atoms with Gasteiger partial charge in [0.1, 0.15) is 11.1 Å². The Morgan fingerprint density at radius 1 is 1.42 bits per heavy atom. The number of anilines is 1. The van der Waals surface area contributed by atoms with Crippen LogP contribution in [0.5, 0.6) is 0 Å². The van der Waals surface area contributed by atoms with E-state index in [1.54, 1.807) is 18.2 Å². The van der Waals surface area contributed by atoms with Crippen LogP contribution in [0.1, 0.15) is 34.9 Å². The van der Waals surface area contributed by atoms with Crippen LogP contribution in [0.3, 0.4) is 0 Å². The van der Waals surface area contributed by atoms with Gasteiger partial charge in [0.05, 0.1) is 10.5 Å². The van der Waals surface area contributed by atoms with E-state index in [0.29, 0.717) is 16.5 Å². The fourth-order valence-corrected chi connectivity index (χ4v) is 5.90. The molecule has 1 aromatic carbocycles. The molecule has 7 heteroatoms. The van der Waals surface area contributed by atoms with E-state index in [4.69, 9.17) is 0 Å². The van der Waals surface area contributed by atoms with Crippen molar-refractivity contribution >= 4 is 42.3 Å². The first kappa shape index (κ1) is 17.5. The molecule has 1 atom stereocenters. The number of thiophene rings is 1. The second-order valence-corrected chi connectivity index (χ2v) is 9.83. The van der Waals surface area contributed by atoms with Crippen LogP contribution in [-0.4, -0.2) is 8.42 Å². The van der Waals surface area contributed by atoms with Crippen LogP contribution < -0.4 is 4.72 Å². The molecule has 0 amide bonds. The maximum absolute atomic E-state index is 12.7. The Morgan fingerprint density at radius 3 is 2.83 bits per heavy atom. The fourth-order valence-electron chi connectivity index (χ4n) is 2.91. The maximum Gasteiger partial charge on any atom is 0.262 e. The number of hydrogen-bond acceptors (Lipinski definition) is 4. The number of nitrogens with one attached hydrogen (secondary N) is 1. The maximum atomic E-state index is 12.7. The zero-order chi connectivity index (χ0) is 17.5. The second kappa shape index (κ2) is 6.51. The number of nitriles is 1. The summed E-state index contributed by atoms with van der Waals surface area (Å²) in [5, 5.41) is 9.93. The largest absolute Gasteiger partial charge is 0.269 e. The van der Waals surface area contributed by atoms with Crippen LogP contribution in [-0.2, 0) is 22.9 Å². The molecule has 0 aliphatic heterocycles. The van der Waals surface area contributed by atoms with Crippen LogP contribution in [0.4, 0.5) is 5.00 Å². The SMILES string of the molecule is Cc1cc(S(=O)(=O)Nc2sc3c(c2C#N)CCC(C)C3)ccc1Br. The molecule has 3 rings (SSSR count). The van der Waals surface area contributed by atoms with Crippen LogP contribution in [0.25, 0.3) is 0 Å². The summed E-state index contributed by atoms with van der Waals surface area (Å²) in [4.78, 5) is 1.34. The first-order valence-electron chi connectivity index (χ1n) is 7.65. The summed E-state index contributed by atoms with van der Waals surface area (Å²) in [5.74, 6) is 0.571. The number of halogens is 1. The summed E-state index contributed by atoms with van der Waals surface area (Å²) in [7, 11) is -3.71. The van der Waals surface area contributed by atoms with E-state index in [-0.39, 0.29) is 4.90 Å². The molecule has 0 saturated heterocycles. The highest BCUT2D eigenvalue weighted by molar-refractivity contribution is 9.10. The minimum atomic E-state index is -3.71. The molecule has 24 heavy (non-hydrogen) atoms. The van der Waals surface area contributed by atoms with Crippen LogP contribution in [0.2, 0.25) is 0 Å². The summed E-state index contributed by atoms with van der Waals surface area (Å²) in [6, 6.07) is 7.08. The van der Waals surface area contributed by atoms with E-state index in [1.807, 2.05) is 6.92 Å². The summed E-state index contributed by atoms with van der Waals surface area (Å²) in [6.45, 7) is 4.03. The number of hydrogen-bond donors (Lipinski definition) is 1. The van der Waals surface area contributed by atoms with Gasteiger partial charge >= 0.3 is 0 Å². The van der Waals surface area contributed by atoms with E-state index in [1.165, 1.54) is 11.3 Å². The van der Waals surface area contributed by atoms with Gasteiger partial charge in [0.15, 0.2) is 0 Å². The van der Waals surface area contributed by atoms with Crippen molar-refractivity contribution in [1.29, 1.82) is 5.26 Å². The molecule has 1 N–H and O–H groups in total. The van der Waals surface area contributed by atoms with E-state index >= 15 is 0 Å². The van der Waals surface area contributed by atoms with Crippen LogP contribution in [0.15, 0.2) is 27.6 Å². The number of rotatable bonds is 3. The third-order valence-corrected chi connectivity index (χ3v) is 7.83. The van der Waals surface area contributed by atoms with Gasteiger partial charge in [0.25, 0.3) is 10.0 Å². The lowest BCUT2D eigenvalue weighted by Gasteiger charge is -2.17. The van der Waals surface area contributed by atoms with Crippen molar-refractivity contribution in [2.75, 3.05) is 4.72 Å². The van der Waals surface area contributed by atoms with E-state index < -0.39 is 10.0 Å². The molecule has 4 nitrogen and oxygen atoms in total. The van der Waals surface area contributed by atoms with Gasteiger partial charge in [0.2, 0.25) is 0 Å². The highest BCUT2D eigenvalue weighted by Crippen LogP contribution is 2.40. The van der Waals surface area contributed by atoms with Gasteiger partial charge in [-0.15, -0.1) is 11.3 Å². The van der Waals surface area contributed by atoms with Gasteiger partial charge in [-0.3, -0.25) is 4.72 Å². The highest BCUT2D eigenvalue weighted by atomic mass is 79.9. The van der Waals surface area contributed by atoms with Crippen LogP contribution in [0, 0.1) is 24.2 Å². The molecular weight excluding hydrogens is 408 g/mol. The molecule has 126 valence electrons. The summed E-state index contributed by atoms with van der Waals surface area (Å²) in [6.07, 6.45) is 2.79. The lowest BCUT2D eigenvalue weighted by Crippen LogP contribution is -2.13. The zero-order valence-corrected chi connectivity index (χ0v) is 16.6. The lowest BCUT2D eigenvalue weighted by molar-refractivity contribution is 0.507. The smallest absolute Gasteiger partial charge is 0.262 e. The van der Waals surface area contributed by atoms with Crippen molar-refractivity contribution in [2.45, 2.75) is 38.0 Å². The molecule has 2 aromatic rings. The van der Waals surface area contributed by atoms with Crippen molar-refractivity contribution in [1.82, 2.24) is 0 Å². The first-order valence-corrected chi connectivity index (χ1v) is 10.7. The molecule has 1 aliphatic carbocycles. The predicted molar refractivity (Wildman–Crippen MR) is 99.9 cm³/mol. The Morgan fingerprint density at radius 2 is 2.17 bits per heavy atom. The summed E-state index contributed by atoms with van der Waals surface area (Å²) >= 11 is 4.77. The first-order chi connectivity index (χ1) is 11.3. The monoisotopic (exact) mass is 424 g/mol. The number of nitrogens with zero attached hydrogens (tertiary/aromatic N) is 1. The lowest BCUT2D eigenvalue weighted by atomic mass is 9.89. The molecule has 0 fully saturated rings.